The molecule has 0 unspecified atom stereocenters. The number of carbonyl (C=O) groups excluding carboxylic acids is 1. The first-order valence-electron chi connectivity index (χ1n) is 11.0. The summed E-state index contributed by atoms with van der Waals surface area (Å²) in [4.78, 5) is 26.1. The molecule has 178 valence electrons. The summed E-state index contributed by atoms with van der Waals surface area (Å²) in [5.74, 6) is 0.837. The van der Waals surface area contributed by atoms with E-state index in [0.717, 1.165) is 5.56 Å². The number of aryl methyl sites for hydroxylation is 1. The molecule has 1 aliphatic rings. The van der Waals surface area contributed by atoms with Gasteiger partial charge in [0.25, 0.3) is 5.91 Å². The molecular weight excluding hydrogens is 478 g/mol. The van der Waals surface area contributed by atoms with Crippen molar-refractivity contribution in [2.45, 2.75) is 20.0 Å². The lowest BCUT2D eigenvalue weighted by Gasteiger charge is -2.36. The molecule has 1 saturated heterocycles. The van der Waals surface area contributed by atoms with E-state index in [0.29, 0.717) is 64.7 Å². The van der Waals surface area contributed by atoms with Crippen molar-refractivity contribution in [1.82, 2.24) is 14.9 Å². The number of carbonyl (C=O) groups is 1. The maximum Gasteiger partial charge on any atom is 0.255 e. The fourth-order valence-electron chi connectivity index (χ4n) is 4.14. The van der Waals surface area contributed by atoms with Crippen LogP contribution in [0.15, 0.2) is 42.5 Å². The van der Waals surface area contributed by atoms with Crippen LogP contribution in [-0.2, 0) is 17.8 Å². The van der Waals surface area contributed by atoms with Gasteiger partial charge in [-0.3, -0.25) is 4.79 Å². The van der Waals surface area contributed by atoms with Crippen molar-refractivity contribution < 1.29 is 13.9 Å². The predicted octanol–water partition coefficient (Wildman–Crippen LogP) is 4.93. The normalized spacial score (nSPS) is 13.9. The molecule has 1 fully saturated rings. The van der Waals surface area contributed by atoms with Gasteiger partial charge in [-0.1, -0.05) is 41.4 Å². The molecule has 0 atom stereocenters. The summed E-state index contributed by atoms with van der Waals surface area (Å²) >= 11 is 12.5. The molecular formula is C25H25Cl2FN4O2. The Labute approximate surface area is 208 Å². The van der Waals surface area contributed by atoms with Crippen LogP contribution >= 0.6 is 23.2 Å². The predicted molar refractivity (Wildman–Crippen MR) is 131 cm³/mol. The average Bonchev–Trinajstić information content (AvgIpc) is 2.82. The minimum atomic E-state index is -0.377. The van der Waals surface area contributed by atoms with Crippen LogP contribution in [0.5, 0.6) is 0 Å². The Morgan fingerprint density at radius 1 is 1.00 bits per heavy atom. The molecule has 9 heteroatoms. The van der Waals surface area contributed by atoms with Crippen LogP contribution in [0, 0.1) is 12.7 Å². The van der Waals surface area contributed by atoms with Crippen molar-refractivity contribution in [3.05, 3.63) is 86.5 Å². The van der Waals surface area contributed by atoms with Gasteiger partial charge in [-0.05, 0) is 31.2 Å². The number of piperazine rings is 1. The Hall–Kier alpha value is -2.74. The highest BCUT2D eigenvalue weighted by Gasteiger charge is 2.27. The molecule has 2 heterocycles. The van der Waals surface area contributed by atoms with E-state index in [1.807, 2.05) is 6.92 Å². The molecule has 0 saturated carbocycles. The number of hydrogen-bond donors (Lipinski definition) is 0. The summed E-state index contributed by atoms with van der Waals surface area (Å²) in [6.07, 6.45) is 0.235. The van der Waals surface area contributed by atoms with E-state index in [2.05, 4.69) is 9.88 Å². The minimum Gasteiger partial charge on any atom is -0.378 e. The van der Waals surface area contributed by atoms with Crippen LogP contribution in [0.2, 0.25) is 10.0 Å². The number of benzene rings is 2. The lowest BCUT2D eigenvalue weighted by Crippen LogP contribution is -2.49. The molecule has 1 aromatic heterocycles. The number of anilines is 1. The Bertz CT molecular complexity index is 1180. The Balaban J connectivity index is 1.62. The number of halogens is 3. The number of amides is 1. The summed E-state index contributed by atoms with van der Waals surface area (Å²) in [5.41, 5.74) is 2.35. The highest BCUT2D eigenvalue weighted by Crippen LogP contribution is 2.30. The number of methoxy groups -OCH3 is 1. The van der Waals surface area contributed by atoms with Gasteiger partial charge in [-0.15, -0.1) is 0 Å². The van der Waals surface area contributed by atoms with Crippen molar-refractivity contribution in [3.8, 4) is 0 Å². The highest BCUT2D eigenvalue weighted by molar-refractivity contribution is 6.33. The van der Waals surface area contributed by atoms with E-state index < -0.39 is 0 Å². The summed E-state index contributed by atoms with van der Waals surface area (Å²) in [5, 5.41) is 0.791. The first-order valence-corrected chi connectivity index (χ1v) is 11.7. The van der Waals surface area contributed by atoms with E-state index in [-0.39, 0.29) is 24.8 Å². The minimum absolute atomic E-state index is 0.0949. The van der Waals surface area contributed by atoms with Crippen LogP contribution in [0.1, 0.15) is 33.0 Å². The lowest BCUT2D eigenvalue weighted by molar-refractivity contribution is 0.0746. The molecule has 6 nitrogen and oxygen atoms in total. The smallest absolute Gasteiger partial charge is 0.255 e. The standard InChI is InChI=1S/C25H25Cl2FN4O2/c1-16-29-23(15-34-2)19(14-18-21(27)8-5-9-22(18)28)24(30-16)31-10-12-32(13-11-31)25(33)17-6-3-4-7-20(17)26/h3-9H,10-15H2,1-2H3. The molecule has 2 aromatic carbocycles. The molecule has 4 rings (SSSR count). The highest BCUT2D eigenvalue weighted by atomic mass is 35.5. The van der Waals surface area contributed by atoms with Gasteiger partial charge in [-0.2, -0.15) is 0 Å². The van der Waals surface area contributed by atoms with Crippen LogP contribution in [-0.4, -0.2) is 54.1 Å². The average molecular weight is 503 g/mol. The van der Waals surface area contributed by atoms with Gasteiger partial charge in [-0.25, -0.2) is 14.4 Å². The molecule has 3 aromatic rings. The zero-order valence-electron chi connectivity index (χ0n) is 19.0. The Morgan fingerprint density at radius 2 is 1.71 bits per heavy atom. The van der Waals surface area contributed by atoms with Crippen molar-refractivity contribution in [2.75, 3.05) is 38.2 Å². The molecule has 1 amide bonds. The van der Waals surface area contributed by atoms with Crippen molar-refractivity contribution in [1.29, 1.82) is 0 Å². The summed E-state index contributed by atoms with van der Waals surface area (Å²) in [6, 6.07) is 11.7. The maximum absolute atomic E-state index is 14.6. The van der Waals surface area contributed by atoms with Gasteiger partial charge in [0, 0.05) is 55.9 Å². The van der Waals surface area contributed by atoms with Crippen LogP contribution in [0.4, 0.5) is 10.2 Å². The first-order chi connectivity index (χ1) is 16.4. The fourth-order valence-corrected chi connectivity index (χ4v) is 4.59. The number of rotatable bonds is 6. The SMILES string of the molecule is COCc1nc(C)nc(N2CCN(C(=O)c3ccccc3Cl)CC2)c1Cc1c(F)cccc1Cl. The van der Waals surface area contributed by atoms with Gasteiger partial charge in [0.05, 0.1) is 22.9 Å². The summed E-state index contributed by atoms with van der Waals surface area (Å²) in [6.45, 7) is 4.23. The van der Waals surface area contributed by atoms with E-state index in [4.69, 9.17) is 32.9 Å². The molecule has 0 aliphatic carbocycles. The number of ether oxygens (including phenoxy) is 1. The zero-order valence-corrected chi connectivity index (χ0v) is 20.5. The van der Waals surface area contributed by atoms with Crippen molar-refractivity contribution >= 4 is 34.9 Å². The molecule has 0 N–H and O–H groups in total. The third kappa shape index (κ3) is 5.17. The second-order valence-corrected chi connectivity index (χ2v) is 8.90. The Kier molecular flexibility index (Phi) is 7.66. The van der Waals surface area contributed by atoms with E-state index in [1.54, 1.807) is 48.4 Å². The van der Waals surface area contributed by atoms with Gasteiger partial charge in [0.15, 0.2) is 0 Å². The second kappa shape index (κ2) is 10.7. The third-order valence-electron chi connectivity index (χ3n) is 5.85. The number of hydrogen-bond acceptors (Lipinski definition) is 5. The summed E-state index contributed by atoms with van der Waals surface area (Å²) in [7, 11) is 1.59. The molecule has 0 bridgehead atoms. The van der Waals surface area contributed by atoms with Gasteiger partial charge in [0.1, 0.15) is 17.5 Å². The number of nitrogens with zero attached hydrogens (tertiary/aromatic N) is 4. The molecule has 0 spiro atoms. The van der Waals surface area contributed by atoms with Crippen LogP contribution < -0.4 is 4.90 Å². The van der Waals surface area contributed by atoms with E-state index >= 15 is 0 Å². The van der Waals surface area contributed by atoms with Crippen molar-refractivity contribution in [3.63, 3.8) is 0 Å². The lowest BCUT2D eigenvalue weighted by atomic mass is 10.0. The molecule has 34 heavy (non-hydrogen) atoms. The second-order valence-electron chi connectivity index (χ2n) is 8.09. The zero-order chi connectivity index (χ0) is 24.2. The summed E-state index contributed by atoms with van der Waals surface area (Å²) < 4.78 is 20.0. The maximum atomic E-state index is 14.6. The fraction of sp³-hybridized carbons (Fsp3) is 0.320. The van der Waals surface area contributed by atoms with Crippen LogP contribution in [0.3, 0.4) is 0 Å². The largest absolute Gasteiger partial charge is 0.378 e. The number of aromatic nitrogens is 2. The molecule has 1 aliphatic heterocycles. The van der Waals surface area contributed by atoms with Gasteiger partial charge < -0.3 is 14.5 Å². The van der Waals surface area contributed by atoms with E-state index in [9.17, 15) is 9.18 Å². The van der Waals surface area contributed by atoms with Gasteiger partial charge in [0.2, 0.25) is 0 Å². The van der Waals surface area contributed by atoms with Gasteiger partial charge >= 0.3 is 0 Å². The monoisotopic (exact) mass is 502 g/mol. The first kappa shape index (κ1) is 24.4. The quantitative estimate of drug-likeness (QED) is 0.478. The van der Waals surface area contributed by atoms with Crippen molar-refractivity contribution in [2.24, 2.45) is 0 Å². The molecule has 0 radical (unpaired) electrons. The van der Waals surface area contributed by atoms with Crippen LogP contribution in [0.25, 0.3) is 0 Å². The topological polar surface area (TPSA) is 58.6 Å². The van der Waals surface area contributed by atoms with E-state index in [1.165, 1.54) is 6.07 Å². The Morgan fingerprint density at radius 3 is 2.38 bits per heavy atom. The third-order valence-corrected chi connectivity index (χ3v) is 6.53.